The van der Waals surface area contributed by atoms with Gasteiger partial charge < -0.3 is 14.6 Å². The average Bonchev–Trinajstić information content (AvgIpc) is 3.35. The number of carbonyl (C=O) groups is 2. The topological polar surface area (TPSA) is 72.8 Å². The molecule has 0 aromatic rings. The highest BCUT2D eigenvalue weighted by Crippen LogP contribution is 2.53. The molecule has 0 spiro atoms. The summed E-state index contributed by atoms with van der Waals surface area (Å²) in [4.78, 5) is 23.2. The zero-order valence-corrected chi connectivity index (χ0v) is 19.3. The molecule has 1 N–H and O–H groups in total. The molecule has 32 heavy (non-hydrogen) atoms. The van der Waals surface area contributed by atoms with Crippen LogP contribution in [0.25, 0.3) is 0 Å². The second-order valence-corrected chi connectivity index (χ2v) is 9.49. The molecule has 2 saturated carbocycles. The van der Waals surface area contributed by atoms with Crippen molar-refractivity contribution < 1.29 is 28.6 Å². The van der Waals surface area contributed by atoms with Gasteiger partial charge in [-0.2, -0.15) is 0 Å². The fourth-order valence-electron chi connectivity index (χ4n) is 5.54. The number of hydrogen-bond acceptors (Lipinski definition) is 4. The Bertz CT molecular complexity index is 682. The van der Waals surface area contributed by atoms with Crippen LogP contribution in [0.2, 0.25) is 0 Å². The van der Waals surface area contributed by atoms with E-state index in [4.69, 9.17) is 14.6 Å². The summed E-state index contributed by atoms with van der Waals surface area (Å²) in [6, 6.07) is 0. The average molecular weight is 451 g/mol. The van der Waals surface area contributed by atoms with Crippen LogP contribution in [0, 0.1) is 17.8 Å². The Morgan fingerprint density at radius 1 is 1.22 bits per heavy atom. The van der Waals surface area contributed by atoms with Gasteiger partial charge in [0, 0.05) is 18.9 Å². The maximum atomic E-state index is 14.2. The number of ketones is 1. The monoisotopic (exact) mass is 450 g/mol. The van der Waals surface area contributed by atoms with Crippen LogP contribution in [0.5, 0.6) is 0 Å². The SMILES string of the molecule is CCCCC(F)C(=O)/C=C/C1C(OC2CCCCO2)C(=CCCCC(=O)O)C2CCCC21. The molecule has 180 valence electrons. The first-order valence-corrected chi connectivity index (χ1v) is 12.6. The van der Waals surface area contributed by atoms with Gasteiger partial charge in [-0.3, -0.25) is 9.59 Å². The molecule has 6 heteroatoms. The molecule has 0 aromatic heterocycles. The second kappa shape index (κ2) is 12.6. The number of allylic oxidation sites excluding steroid dienone is 2. The van der Waals surface area contributed by atoms with Crippen LogP contribution in [0.4, 0.5) is 4.39 Å². The van der Waals surface area contributed by atoms with E-state index in [1.54, 1.807) is 0 Å². The Hall–Kier alpha value is -1.53. The van der Waals surface area contributed by atoms with Crippen molar-refractivity contribution in [2.45, 2.75) is 103 Å². The number of carboxylic acids is 1. The predicted octanol–water partition coefficient (Wildman–Crippen LogP) is 5.78. The first-order valence-electron chi connectivity index (χ1n) is 12.6. The van der Waals surface area contributed by atoms with E-state index in [0.717, 1.165) is 44.9 Å². The molecule has 0 aromatic carbocycles. The van der Waals surface area contributed by atoms with Gasteiger partial charge in [-0.25, -0.2) is 4.39 Å². The molecule has 0 amide bonds. The third-order valence-electron chi connectivity index (χ3n) is 7.18. The molecule has 0 radical (unpaired) electrons. The van der Waals surface area contributed by atoms with Gasteiger partial charge in [-0.1, -0.05) is 38.3 Å². The quantitative estimate of drug-likeness (QED) is 0.232. The highest BCUT2D eigenvalue weighted by molar-refractivity contribution is 5.93. The zero-order valence-electron chi connectivity index (χ0n) is 19.3. The summed E-state index contributed by atoms with van der Waals surface area (Å²) >= 11 is 0. The summed E-state index contributed by atoms with van der Waals surface area (Å²) in [6.07, 6.45) is 13.2. The van der Waals surface area contributed by atoms with Gasteiger partial charge in [-0.15, -0.1) is 0 Å². The van der Waals surface area contributed by atoms with Crippen molar-refractivity contribution in [2.75, 3.05) is 6.61 Å². The fraction of sp³-hybridized carbons (Fsp3) is 0.769. The van der Waals surface area contributed by atoms with Crippen molar-refractivity contribution >= 4 is 11.8 Å². The van der Waals surface area contributed by atoms with Crippen molar-refractivity contribution in [1.82, 2.24) is 0 Å². The lowest BCUT2D eigenvalue weighted by atomic mass is 9.90. The number of halogens is 1. The lowest BCUT2D eigenvalue weighted by Crippen LogP contribution is -2.31. The first kappa shape index (κ1) is 25.1. The molecule has 6 unspecified atom stereocenters. The summed E-state index contributed by atoms with van der Waals surface area (Å²) in [5, 5.41) is 8.95. The van der Waals surface area contributed by atoms with Crippen molar-refractivity contribution in [3.05, 3.63) is 23.8 Å². The standard InChI is InChI=1S/C26H39FO5/c1-2-3-12-22(27)23(28)16-15-21-19-11-8-10-18(19)20(9-4-5-13-24(29)30)26(21)32-25-14-6-7-17-31-25/h9,15-16,18-19,21-22,25-26H,2-8,10-14,17H2,1H3,(H,29,30)/b16-15+,20-9?. The Labute approximate surface area is 191 Å². The van der Waals surface area contributed by atoms with E-state index in [1.807, 2.05) is 13.0 Å². The van der Waals surface area contributed by atoms with E-state index in [0.29, 0.717) is 37.7 Å². The summed E-state index contributed by atoms with van der Waals surface area (Å²) < 4.78 is 26.6. The summed E-state index contributed by atoms with van der Waals surface area (Å²) in [5.74, 6) is -0.424. The Balaban J connectivity index is 1.76. The number of rotatable bonds is 12. The third kappa shape index (κ3) is 6.74. The Kier molecular flexibility index (Phi) is 9.92. The van der Waals surface area contributed by atoms with Gasteiger partial charge >= 0.3 is 5.97 Å². The summed E-state index contributed by atoms with van der Waals surface area (Å²) in [7, 11) is 0. The highest BCUT2D eigenvalue weighted by atomic mass is 19.1. The van der Waals surface area contributed by atoms with Crippen LogP contribution in [0.15, 0.2) is 23.8 Å². The number of aliphatic carboxylic acids is 1. The molecule has 1 heterocycles. The lowest BCUT2D eigenvalue weighted by molar-refractivity contribution is -0.185. The van der Waals surface area contributed by atoms with E-state index in [9.17, 15) is 14.0 Å². The van der Waals surface area contributed by atoms with E-state index in [-0.39, 0.29) is 31.2 Å². The first-order chi connectivity index (χ1) is 15.5. The maximum Gasteiger partial charge on any atom is 0.303 e. The van der Waals surface area contributed by atoms with Crippen molar-refractivity contribution in [3.63, 3.8) is 0 Å². The van der Waals surface area contributed by atoms with Gasteiger partial charge in [0.1, 0.15) is 0 Å². The van der Waals surface area contributed by atoms with Crippen molar-refractivity contribution in [1.29, 1.82) is 0 Å². The number of alkyl halides is 1. The minimum absolute atomic E-state index is 0.0288. The number of carbonyl (C=O) groups excluding carboxylic acids is 1. The third-order valence-corrected chi connectivity index (χ3v) is 7.18. The van der Waals surface area contributed by atoms with Crippen LogP contribution in [-0.2, 0) is 19.1 Å². The van der Waals surface area contributed by atoms with E-state index >= 15 is 0 Å². The molecule has 2 aliphatic carbocycles. The predicted molar refractivity (Wildman–Crippen MR) is 121 cm³/mol. The van der Waals surface area contributed by atoms with Crippen LogP contribution in [0.1, 0.15) is 84.0 Å². The molecule has 3 rings (SSSR count). The molecule has 5 nitrogen and oxygen atoms in total. The van der Waals surface area contributed by atoms with Gasteiger partial charge in [-0.05, 0) is 74.9 Å². The number of ether oxygens (including phenoxy) is 2. The maximum absolute atomic E-state index is 14.2. The van der Waals surface area contributed by atoms with Crippen LogP contribution in [-0.4, -0.2) is 42.0 Å². The van der Waals surface area contributed by atoms with Gasteiger partial charge in [0.05, 0.1) is 6.10 Å². The number of carboxylic acid groups (broad SMARTS) is 1. The molecular weight excluding hydrogens is 411 g/mol. The zero-order chi connectivity index (χ0) is 22.9. The van der Waals surface area contributed by atoms with Crippen LogP contribution < -0.4 is 0 Å². The molecule has 3 fully saturated rings. The summed E-state index contributed by atoms with van der Waals surface area (Å²) in [5.41, 5.74) is 1.23. The molecule has 6 atom stereocenters. The normalized spacial score (nSPS) is 32.4. The minimum atomic E-state index is -1.43. The fourth-order valence-corrected chi connectivity index (χ4v) is 5.54. The molecule has 1 aliphatic heterocycles. The highest BCUT2D eigenvalue weighted by Gasteiger charge is 2.49. The molecule has 0 bridgehead atoms. The second-order valence-electron chi connectivity index (χ2n) is 9.49. The van der Waals surface area contributed by atoms with Gasteiger partial charge in [0.25, 0.3) is 0 Å². The number of hydrogen-bond donors (Lipinski definition) is 1. The summed E-state index contributed by atoms with van der Waals surface area (Å²) in [6.45, 7) is 2.69. The largest absolute Gasteiger partial charge is 0.481 e. The Morgan fingerprint density at radius 2 is 2.06 bits per heavy atom. The van der Waals surface area contributed by atoms with Crippen LogP contribution >= 0.6 is 0 Å². The van der Waals surface area contributed by atoms with Crippen molar-refractivity contribution in [2.24, 2.45) is 17.8 Å². The molecule has 3 aliphatic rings. The number of unbranched alkanes of at least 4 members (excludes halogenated alkanes) is 2. The van der Waals surface area contributed by atoms with Crippen LogP contribution in [0.3, 0.4) is 0 Å². The van der Waals surface area contributed by atoms with Gasteiger partial charge in [0.2, 0.25) is 0 Å². The number of fused-ring (bicyclic) bond motifs is 1. The molecular formula is C26H39FO5. The molecule has 1 saturated heterocycles. The van der Waals surface area contributed by atoms with E-state index < -0.39 is 17.9 Å². The Morgan fingerprint density at radius 3 is 2.78 bits per heavy atom. The van der Waals surface area contributed by atoms with E-state index in [2.05, 4.69) is 6.08 Å². The smallest absolute Gasteiger partial charge is 0.303 e. The lowest BCUT2D eigenvalue weighted by Gasteiger charge is -2.30. The minimum Gasteiger partial charge on any atom is -0.481 e. The van der Waals surface area contributed by atoms with Gasteiger partial charge in [0.15, 0.2) is 18.2 Å². The van der Waals surface area contributed by atoms with E-state index in [1.165, 1.54) is 11.6 Å². The van der Waals surface area contributed by atoms with Crippen molar-refractivity contribution in [3.8, 4) is 0 Å².